The molecule has 1 fully saturated rings. The highest BCUT2D eigenvalue weighted by Gasteiger charge is 2.25. The molecule has 0 aliphatic carbocycles. The molecule has 1 aliphatic rings. The number of aryl methyl sites for hydroxylation is 1. The van der Waals surface area contributed by atoms with Gasteiger partial charge in [-0.15, -0.1) is 0 Å². The summed E-state index contributed by atoms with van der Waals surface area (Å²) in [7, 11) is 0. The zero-order valence-corrected chi connectivity index (χ0v) is 20.7. The Bertz CT molecular complexity index is 912. The number of piperidine rings is 1. The monoisotopic (exact) mass is 449 g/mol. The number of benzene rings is 2. The van der Waals surface area contributed by atoms with E-state index in [-0.39, 0.29) is 11.9 Å². The number of hydrogen-bond acceptors (Lipinski definition) is 3. The van der Waals surface area contributed by atoms with Crippen molar-refractivity contribution in [2.24, 2.45) is 17.8 Å². The van der Waals surface area contributed by atoms with Gasteiger partial charge in [0.15, 0.2) is 0 Å². The number of carbonyl (C=O) groups excluding carboxylic acids is 2. The van der Waals surface area contributed by atoms with E-state index in [9.17, 15) is 9.59 Å². The van der Waals surface area contributed by atoms with E-state index in [2.05, 4.69) is 27.7 Å². The molecule has 0 bridgehead atoms. The fraction of sp³-hybridized carbons (Fsp3) is 0.517. The lowest BCUT2D eigenvalue weighted by Gasteiger charge is -2.33. The van der Waals surface area contributed by atoms with Gasteiger partial charge in [-0.05, 0) is 73.1 Å². The summed E-state index contributed by atoms with van der Waals surface area (Å²) in [5.41, 5.74) is 2.70. The van der Waals surface area contributed by atoms with Crippen LogP contribution in [-0.2, 0) is 17.6 Å². The number of nitrogens with zero attached hydrogens (tertiary/aromatic N) is 1. The average molecular weight is 450 g/mol. The van der Waals surface area contributed by atoms with Gasteiger partial charge in [-0.25, -0.2) is 0 Å². The Morgan fingerprint density at radius 2 is 1.67 bits per heavy atom. The highest BCUT2D eigenvalue weighted by atomic mass is 16.5. The van der Waals surface area contributed by atoms with Crippen molar-refractivity contribution < 1.29 is 14.3 Å². The first-order valence-corrected chi connectivity index (χ1v) is 12.5. The molecule has 2 aromatic rings. The molecule has 4 heteroatoms. The highest BCUT2D eigenvalue weighted by Crippen LogP contribution is 2.28. The van der Waals surface area contributed by atoms with Gasteiger partial charge in [-0.1, -0.05) is 64.1 Å². The molecule has 0 unspecified atom stereocenters. The predicted molar refractivity (Wildman–Crippen MR) is 133 cm³/mol. The number of esters is 1. The summed E-state index contributed by atoms with van der Waals surface area (Å²) in [6.07, 6.45) is 5.12. The number of amides is 1. The van der Waals surface area contributed by atoms with Crippen LogP contribution in [0.15, 0.2) is 48.5 Å². The van der Waals surface area contributed by atoms with Crippen LogP contribution in [0.5, 0.6) is 5.75 Å². The van der Waals surface area contributed by atoms with Gasteiger partial charge in [0.1, 0.15) is 5.75 Å². The number of rotatable bonds is 9. The predicted octanol–water partition coefficient (Wildman–Crippen LogP) is 6.32. The summed E-state index contributed by atoms with van der Waals surface area (Å²) >= 11 is 0. The van der Waals surface area contributed by atoms with E-state index in [1.807, 2.05) is 47.4 Å². The topological polar surface area (TPSA) is 46.6 Å². The van der Waals surface area contributed by atoms with Crippen LogP contribution in [0.25, 0.3) is 0 Å². The molecule has 0 saturated carbocycles. The maximum atomic E-state index is 13.2. The molecule has 1 amide bonds. The van der Waals surface area contributed by atoms with Crippen molar-refractivity contribution in [2.75, 3.05) is 13.1 Å². The summed E-state index contributed by atoms with van der Waals surface area (Å²) in [6, 6.07) is 15.6. The van der Waals surface area contributed by atoms with Crippen LogP contribution in [0.2, 0.25) is 0 Å². The number of ether oxygens (including phenoxy) is 1. The SMILES string of the molecule is CC(C)Cc1ccc(C(=O)N2CCC(CC(C)C)CC2)cc1OC(=O)CCc1ccccc1. The molecular weight excluding hydrogens is 410 g/mol. The first kappa shape index (κ1) is 25.0. The van der Waals surface area contributed by atoms with Crippen LogP contribution in [0.3, 0.4) is 0 Å². The molecule has 1 aliphatic heterocycles. The lowest BCUT2D eigenvalue weighted by Crippen LogP contribution is -2.38. The molecule has 1 saturated heterocycles. The van der Waals surface area contributed by atoms with E-state index in [1.165, 1.54) is 6.42 Å². The van der Waals surface area contributed by atoms with Crippen molar-refractivity contribution in [3.8, 4) is 5.75 Å². The molecular formula is C29H39NO3. The maximum absolute atomic E-state index is 13.2. The molecule has 4 nitrogen and oxygen atoms in total. The number of likely N-dealkylation sites (tertiary alicyclic amines) is 1. The van der Waals surface area contributed by atoms with E-state index in [0.717, 1.165) is 43.5 Å². The minimum Gasteiger partial charge on any atom is -0.426 e. The van der Waals surface area contributed by atoms with Crippen LogP contribution in [0.4, 0.5) is 0 Å². The van der Waals surface area contributed by atoms with E-state index in [0.29, 0.717) is 41.9 Å². The zero-order chi connectivity index (χ0) is 23.8. The van der Waals surface area contributed by atoms with Gasteiger partial charge < -0.3 is 9.64 Å². The van der Waals surface area contributed by atoms with E-state index < -0.39 is 0 Å². The molecule has 33 heavy (non-hydrogen) atoms. The number of carbonyl (C=O) groups is 2. The molecule has 3 rings (SSSR count). The van der Waals surface area contributed by atoms with E-state index in [4.69, 9.17) is 4.74 Å². The van der Waals surface area contributed by atoms with Crippen LogP contribution in [-0.4, -0.2) is 29.9 Å². The third-order valence-corrected chi connectivity index (χ3v) is 6.33. The summed E-state index contributed by atoms with van der Waals surface area (Å²) < 4.78 is 5.80. The van der Waals surface area contributed by atoms with Gasteiger partial charge in [0.05, 0.1) is 0 Å². The molecule has 0 atom stereocenters. The smallest absolute Gasteiger partial charge is 0.311 e. The third kappa shape index (κ3) is 7.73. The van der Waals surface area contributed by atoms with Crippen molar-refractivity contribution in [3.05, 3.63) is 65.2 Å². The van der Waals surface area contributed by atoms with Gasteiger partial charge in [-0.3, -0.25) is 9.59 Å². The Hall–Kier alpha value is -2.62. The first-order chi connectivity index (χ1) is 15.8. The van der Waals surface area contributed by atoms with Gasteiger partial charge in [0.25, 0.3) is 5.91 Å². The summed E-state index contributed by atoms with van der Waals surface area (Å²) in [6.45, 7) is 10.4. The highest BCUT2D eigenvalue weighted by molar-refractivity contribution is 5.95. The van der Waals surface area contributed by atoms with Crippen LogP contribution in [0.1, 0.15) is 74.9 Å². The van der Waals surface area contributed by atoms with Gasteiger partial charge in [-0.2, -0.15) is 0 Å². The fourth-order valence-electron chi connectivity index (χ4n) is 4.68. The minimum absolute atomic E-state index is 0.0377. The second-order valence-corrected chi connectivity index (χ2v) is 10.2. The summed E-state index contributed by atoms with van der Waals surface area (Å²) in [5, 5.41) is 0. The van der Waals surface area contributed by atoms with Gasteiger partial charge in [0, 0.05) is 25.1 Å². The van der Waals surface area contributed by atoms with Gasteiger partial charge in [0.2, 0.25) is 0 Å². The van der Waals surface area contributed by atoms with Crippen molar-refractivity contribution in [1.29, 1.82) is 0 Å². The molecule has 178 valence electrons. The Kier molecular flexibility index (Phi) is 9.11. The Morgan fingerprint density at radius 1 is 0.970 bits per heavy atom. The van der Waals surface area contributed by atoms with Crippen LogP contribution >= 0.6 is 0 Å². The third-order valence-electron chi connectivity index (χ3n) is 6.33. The number of hydrogen-bond donors (Lipinski definition) is 0. The van der Waals surface area contributed by atoms with E-state index in [1.54, 1.807) is 6.07 Å². The average Bonchev–Trinajstić information content (AvgIpc) is 2.79. The Balaban J connectivity index is 1.67. The standard InChI is InChI=1S/C29H39NO3/c1-21(2)18-24-14-16-30(17-15-24)29(32)26-12-11-25(19-22(3)4)27(20-26)33-28(31)13-10-23-8-6-5-7-9-23/h5-9,11-12,20-22,24H,10,13-19H2,1-4H3. The van der Waals surface area contributed by atoms with Crippen molar-refractivity contribution in [3.63, 3.8) is 0 Å². The molecule has 1 heterocycles. The summed E-state index contributed by atoms with van der Waals surface area (Å²) in [4.78, 5) is 27.8. The van der Waals surface area contributed by atoms with Crippen molar-refractivity contribution in [1.82, 2.24) is 4.90 Å². The molecule has 0 aromatic heterocycles. The quantitative estimate of drug-likeness (QED) is 0.332. The lowest BCUT2D eigenvalue weighted by atomic mass is 9.88. The first-order valence-electron chi connectivity index (χ1n) is 12.5. The Labute approximate surface area is 199 Å². The largest absolute Gasteiger partial charge is 0.426 e. The molecule has 0 radical (unpaired) electrons. The second-order valence-electron chi connectivity index (χ2n) is 10.2. The zero-order valence-electron chi connectivity index (χ0n) is 20.7. The fourth-order valence-corrected chi connectivity index (χ4v) is 4.68. The van der Waals surface area contributed by atoms with Crippen LogP contribution < -0.4 is 4.74 Å². The normalized spacial score (nSPS) is 14.7. The molecule has 2 aromatic carbocycles. The summed E-state index contributed by atoms with van der Waals surface area (Å²) in [5.74, 6) is 2.14. The Morgan fingerprint density at radius 3 is 2.30 bits per heavy atom. The minimum atomic E-state index is -0.261. The lowest BCUT2D eigenvalue weighted by molar-refractivity contribution is -0.134. The van der Waals surface area contributed by atoms with Crippen molar-refractivity contribution in [2.45, 2.75) is 66.2 Å². The second kappa shape index (κ2) is 12.0. The molecule has 0 N–H and O–H groups in total. The van der Waals surface area contributed by atoms with Crippen molar-refractivity contribution >= 4 is 11.9 Å². The van der Waals surface area contributed by atoms with E-state index >= 15 is 0 Å². The maximum Gasteiger partial charge on any atom is 0.311 e. The van der Waals surface area contributed by atoms with Gasteiger partial charge >= 0.3 is 5.97 Å². The van der Waals surface area contributed by atoms with Crippen LogP contribution in [0, 0.1) is 17.8 Å². The molecule has 0 spiro atoms.